The molecule has 4 aromatic rings. The van der Waals surface area contributed by atoms with Crippen molar-refractivity contribution in [3.8, 4) is 11.3 Å². The van der Waals surface area contributed by atoms with E-state index in [1.54, 1.807) is 48.8 Å². The van der Waals surface area contributed by atoms with Crippen molar-refractivity contribution in [3.05, 3.63) is 75.2 Å². The Kier molecular flexibility index (Phi) is 6.39. The molecule has 0 bridgehead atoms. The van der Waals surface area contributed by atoms with Gasteiger partial charge in [0.25, 0.3) is 5.91 Å². The molecule has 1 aromatic carbocycles. The fraction of sp³-hybridized carbons (Fsp3) is 0.250. The van der Waals surface area contributed by atoms with E-state index in [9.17, 15) is 22.4 Å². The summed E-state index contributed by atoms with van der Waals surface area (Å²) in [5.41, 5.74) is 2.31. The minimum absolute atomic E-state index is 0.0987. The molecule has 0 saturated carbocycles. The van der Waals surface area contributed by atoms with E-state index in [2.05, 4.69) is 15.4 Å². The van der Waals surface area contributed by atoms with E-state index < -0.39 is 33.6 Å². The molecule has 12 heteroatoms. The number of rotatable bonds is 6. The van der Waals surface area contributed by atoms with Gasteiger partial charge in [0.15, 0.2) is 11.1 Å². The number of halogens is 1. The third kappa shape index (κ3) is 4.98. The molecule has 0 aliphatic heterocycles. The third-order valence-electron chi connectivity index (χ3n) is 5.55. The first kappa shape index (κ1) is 25.0. The molecule has 2 N–H and O–H groups in total. The van der Waals surface area contributed by atoms with Gasteiger partial charge in [0.2, 0.25) is 16.0 Å². The number of aromatic nitrogens is 3. The van der Waals surface area contributed by atoms with Crippen LogP contribution in [0.15, 0.2) is 45.9 Å². The molecule has 10 nitrogen and oxygen atoms in total. The summed E-state index contributed by atoms with van der Waals surface area (Å²) in [6.07, 6.45) is 4.15. The smallest absolute Gasteiger partial charge is 0.285 e. The van der Waals surface area contributed by atoms with Crippen LogP contribution in [-0.4, -0.2) is 35.3 Å². The number of benzene rings is 1. The molecular formula is C24H24FN5O5S. The van der Waals surface area contributed by atoms with Gasteiger partial charge >= 0.3 is 0 Å². The number of pyridine rings is 1. The molecule has 1 atom stereocenters. The average Bonchev–Trinajstić information content (AvgIpc) is 3.22. The van der Waals surface area contributed by atoms with Crippen LogP contribution in [0, 0.1) is 19.8 Å². The van der Waals surface area contributed by atoms with Gasteiger partial charge in [-0.2, -0.15) is 9.49 Å². The Morgan fingerprint density at radius 2 is 1.94 bits per heavy atom. The summed E-state index contributed by atoms with van der Waals surface area (Å²) >= 11 is 0. The van der Waals surface area contributed by atoms with Crippen molar-refractivity contribution in [2.24, 2.45) is 7.05 Å². The fourth-order valence-corrected chi connectivity index (χ4v) is 4.39. The maximum atomic E-state index is 13.8. The number of carbonyl (C=O) groups excluding carboxylic acids is 1. The molecule has 188 valence electrons. The highest BCUT2D eigenvalue weighted by Gasteiger charge is 2.23. The molecule has 1 amide bonds. The number of fused-ring (bicyclic) bond motifs is 1. The van der Waals surface area contributed by atoms with Crippen LogP contribution in [0.25, 0.3) is 22.3 Å². The van der Waals surface area contributed by atoms with E-state index in [1.807, 2.05) is 13.0 Å². The molecule has 3 heterocycles. The Morgan fingerprint density at radius 3 is 2.58 bits per heavy atom. The van der Waals surface area contributed by atoms with Gasteiger partial charge in [-0.25, -0.2) is 18.1 Å². The molecule has 1 unspecified atom stereocenters. The number of hydrogen-bond acceptors (Lipinski definition) is 8. The Bertz CT molecular complexity index is 1680. The summed E-state index contributed by atoms with van der Waals surface area (Å²) in [5, 5.41) is 7.61. The molecule has 36 heavy (non-hydrogen) atoms. The highest BCUT2D eigenvalue weighted by molar-refractivity contribution is 7.89. The second-order valence-corrected chi connectivity index (χ2v) is 10.4. The normalized spacial score (nSPS) is 12.5. The van der Waals surface area contributed by atoms with Gasteiger partial charge in [-0.15, -0.1) is 0 Å². The number of sulfonamides is 1. The van der Waals surface area contributed by atoms with E-state index in [0.29, 0.717) is 33.4 Å². The van der Waals surface area contributed by atoms with Crippen LogP contribution in [0.3, 0.4) is 0 Å². The molecule has 0 fully saturated rings. The summed E-state index contributed by atoms with van der Waals surface area (Å²) < 4.78 is 46.5. The van der Waals surface area contributed by atoms with Crippen LogP contribution in [0.4, 0.5) is 10.1 Å². The van der Waals surface area contributed by atoms with E-state index in [1.165, 1.54) is 6.07 Å². The minimum atomic E-state index is -3.90. The van der Waals surface area contributed by atoms with E-state index in [0.717, 1.165) is 17.9 Å². The molecule has 0 aliphatic carbocycles. The number of anilines is 1. The van der Waals surface area contributed by atoms with E-state index in [4.69, 9.17) is 4.42 Å². The molecule has 0 spiro atoms. The van der Waals surface area contributed by atoms with Crippen molar-refractivity contribution in [3.63, 3.8) is 0 Å². The zero-order valence-corrected chi connectivity index (χ0v) is 21.0. The summed E-state index contributed by atoms with van der Waals surface area (Å²) in [7, 11) is -2.14. The highest BCUT2D eigenvalue weighted by Crippen LogP contribution is 2.32. The van der Waals surface area contributed by atoms with Crippen molar-refractivity contribution >= 4 is 32.6 Å². The maximum absolute atomic E-state index is 13.8. The quantitative estimate of drug-likeness (QED) is 0.375. The first-order valence-corrected chi connectivity index (χ1v) is 12.8. The SMILES string of the molecule is Cc1cc(C(C)Nc2ccc(F)nc2C(=O)NS(C)(=O)=O)c2oc(-c3cnn(C)c3)c(C)c(=O)c2c1. The number of aryl methyl sites for hydroxylation is 2. The first-order valence-electron chi connectivity index (χ1n) is 10.9. The highest BCUT2D eigenvalue weighted by atomic mass is 32.2. The molecule has 0 radical (unpaired) electrons. The Hall–Kier alpha value is -4.06. The van der Waals surface area contributed by atoms with Crippen LogP contribution in [0.1, 0.15) is 40.1 Å². The van der Waals surface area contributed by atoms with Crippen LogP contribution in [-0.2, 0) is 17.1 Å². The maximum Gasteiger partial charge on any atom is 0.285 e. The van der Waals surface area contributed by atoms with Gasteiger partial charge in [-0.1, -0.05) is 6.07 Å². The van der Waals surface area contributed by atoms with Gasteiger partial charge in [0.05, 0.1) is 35.1 Å². The van der Waals surface area contributed by atoms with E-state index in [-0.39, 0.29) is 11.1 Å². The third-order valence-corrected chi connectivity index (χ3v) is 6.11. The summed E-state index contributed by atoms with van der Waals surface area (Å²) in [6, 6.07) is 5.34. The molecule has 0 saturated heterocycles. The predicted octanol–water partition coefficient (Wildman–Crippen LogP) is 3.21. The minimum Gasteiger partial charge on any atom is -0.455 e. The molecule has 3 aromatic heterocycles. The van der Waals surface area contributed by atoms with E-state index >= 15 is 0 Å². The zero-order valence-electron chi connectivity index (χ0n) is 20.2. The topological polar surface area (TPSA) is 136 Å². The van der Waals surface area contributed by atoms with Gasteiger partial charge in [0.1, 0.15) is 11.3 Å². The lowest BCUT2D eigenvalue weighted by Crippen LogP contribution is -2.31. The first-order chi connectivity index (χ1) is 16.8. The number of carbonyl (C=O) groups is 1. The lowest BCUT2D eigenvalue weighted by molar-refractivity contribution is 0.0976. The second-order valence-electron chi connectivity index (χ2n) is 8.62. The number of amides is 1. The standard InChI is InChI=1S/C24H24FN5O5S/c1-12-8-16(14(3)27-18-6-7-19(25)28-20(18)24(32)29-36(5,33)34)23-17(9-12)21(31)13(2)22(35-23)15-10-26-30(4)11-15/h6-11,14,27H,1-5H3,(H,29,32). The van der Waals surface area contributed by atoms with Gasteiger partial charge in [-0.3, -0.25) is 14.3 Å². The number of hydrogen-bond donors (Lipinski definition) is 2. The molecule has 4 rings (SSSR count). The van der Waals surface area contributed by atoms with Crippen LogP contribution in [0.5, 0.6) is 0 Å². The lowest BCUT2D eigenvalue weighted by atomic mass is 9.99. The zero-order chi connectivity index (χ0) is 26.4. The monoisotopic (exact) mass is 513 g/mol. The van der Waals surface area contributed by atoms with Crippen LogP contribution >= 0.6 is 0 Å². The van der Waals surface area contributed by atoms with Crippen molar-refractivity contribution in [2.45, 2.75) is 26.8 Å². The predicted molar refractivity (Wildman–Crippen MR) is 133 cm³/mol. The number of nitrogens with one attached hydrogen (secondary N) is 2. The van der Waals surface area contributed by atoms with Gasteiger partial charge in [-0.05, 0) is 44.5 Å². The summed E-state index contributed by atoms with van der Waals surface area (Å²) in [5.74, 6) is -1.65. The summed E-state index contributed by atoms with van der Waals surface area (Å²) in [6.45, 7) is 5.29. The largest absolute Gasteiger partial charge is 0.455 e. The summed E-state index contributed by atoms with van der Waals surface area (Å²) in [4.78, 5) is 29.3. The Labute approximate surface area is 206 Å². The fourth-order valence-electron chi connectivity index (χ4n) is 3.96. The Morgan fingerprint density at radius 1 is 1.22 bits per heavy atom. The molecule has 0 aliphatic rings. The molecular weight excluding hydrogens is 489 g/mol. The van der Waals surface area contributed by atoms with Crippen LogP contribution in [0.2, 0.25) is 0 Å². The van der Waals surface area contributed by atoms with Crippen molar-refractivity contribution in [1.82, 2.24) is 19.5 Å². The number of nitrogens with zero attached hydrogens (tertiary/aromatic N) is 3. The Balaban J connectivity index is 1.83. The average molecular weight is 514 g/mol. The van der Waals surface area contributed by atoms with Gasteiger partial charge in [0, 0.05) is 24.4 Å². The van der Waals surface area contributed by atoms with Gasteiger partial charge < -0.3 is 9.73 Å². The van der Waals surface area contributed by atoms with Crippen molar-refractivity contribution in [1.29, 1.82) is 0 Å². The van der Waals surface area contributed by atoms with Crippen molar-refractivity contribution in [2.75, 3.05) is 11.6 Å². The van der Waals surface area contributed by atoms with Crippen LogP contribution < -0.4 is 15.5 Å². The van der Waals surface area contributed by atoms with Crippen molar-refractivity contribution < 1.29 is 22.0 Å². The lowest BCUT2D eigenvalue weighted by Gasteiger charge is -2.20. The second kappa shape index (κ2) is 9.19.